The molecule has 5 heteroatoms. The molecule has 2 aromatic rings. The number of carbonyl (C=O) groups is 1. The maximum atomic E-state index is 10.4. The van der Waals surface area contributed by atoms with E-state index in [0.29, 0.717) is 5.01 Å². The average molecular weight is 310 g/mol. The number of thiazole rings is 1. The zero-order valence-corrected chi connectivity index (χ0v) is 11.0. The third-order valence-corrected chi connectivity index (χ3v) is 3.31. The topological polar surface area (TPSA) is 50.2 Å². The van der Waals surface area contributed by atoms with Crippen molar-refractivity contribution in [3.63, 3.8) is 0 Å². The molecule has 3 nitrogen and oxygen atoms in total. The molecule has 0 saturated heterocycles. The summed E-state index contributed by atoms with van der Waals surface area (Å²) in [6.45, 7) is 0. The molecule has 0 radical (unpaired) electrons. The first kappa shape index (κ1) is 12.0. The van der Waals surface area contributed by atoms with Crippen LogP contribution < -0.4 is 0 Å². The number of rotatable bonds is 3. The molecule has 1 heterocycles. The van der Waals surface area contributed by atoms with Crippen LogP contribution in [0.3, 0.4) is 0 Å². The molecule has 0 saturated carbocycles. The first-order valence-corrected chi connectivity index (χ1v) is 6.45. The maximum Gasteiger partial charge on any atom is 0.328 e. The van der Waals surface area contributed by atoms with Gasteiger partial charge in [0.1, 0.15) is 5.01 Å². The SMILES string of the molecule is O=C(O)/C=C/c1nc(-c2cccc(Br)c2)cs1. The number of aromatic nitrogens is 1. The maximum absolute atomic E-state index is 10.4. The molecule has 0 aliphatic carbocycles. The normalized spacial score (nSPS) is 10.9. The van der Waals surface area contributed by atoms with Crippen LogP contribution in [0.5, 0.6) is 0 Å². The Kier molecular flexibility index (Phi) is 3.71. The van der Waals surface area contributed by atoms with Crippen LogP contribution in [0.2, 0.25) is 0 Å². The molecule has 0 aliphatic heterocycles. The van der Waals surface area contributed by atoms with Crippen LogP contribution in [0.4, 0.5) is 0 Å². The highest BCUT2D eigenvalue weighted by atomic mass is 79.9. The van der Waals surface area contributed by atoms with Gasteiger partial charge in [-0.1, -0.05) is 28.1 Å². The molecule has 0 bridgehead atoms. The summed E-state index contributed by atoms with van der Waals surface area (Å²) in [7, 11) is 0. The largest absolute Gasteiger partial charge is 0.478 e. The van der Waals surface area contributed by atoms with Crippen LogP contribution in [-0.4, -0.2) is 16.1 Å². The lowest BCUT2D eigenvalue weighted by atomic mass is 10.2. The van der Waals surface area contributed by atoms with Crippen molar-refractivity contribution >= 4 is 39.3 Å². The fourth-order valence-corrected chi connectivity index (χ4v) is 2.41. The molecule has 0 atom stereocenters. The predicted octanol–water partition coefficient (Wildman–Crippen LogP) is 3.67. The molecule has 1 N–H and O–H groups in total. The van der Waals surface area contributed by atoms with Crippen molar-refractivity contribution in [2.45, 2.75) is 0 Å². The number of halogens is 1. The summed E-state index contributed by atoms with van der Waals surface area (Å²) in [5.41, 5.74) is 1.85. The van der Waals surface area contributed by atoms with Gasteiger partial charge in [-0.25, -0.2) is 9.78 Å². The Morgan fingerprint density at radius 1 is 1.47 bits per heavy atom. The van der Waals surface area contributed by atoms with Crippen LogP contribution in [0.15, 0.2) is 40.2 Å². The molecule has 17 heavy (non-hydrogen) atoms. The van der Waals surface area contributed by atoms with Crippen molar-refractivity contribution in [3.8, 4) is 11.3 Å². The summed E-state index contributed by atoms with van der Waals surface area (Å²) in [5.74, 6) is -0.968. The van der Waals surface area contributed by atoms with E-state index < -0.39 is 5.97 Å². The van der Waals surface area contributed by atoms with E-state index in [9.17, 15) is 4.79 Å². The minimum absolute atomic E-state index is 0.683. The van der Waals surface area contributed by atoms with E-state index in [1.165, 1.54) is 17.4 Å². The van der Waals surface area contributed by atoms with Crippen LogP contribution in [0.1, 0.15) is 5.01 Å². The van der Waals surface area contributed by atoms with Crippen molar-refractivity contribution in [3.05, 3.63) is 45.2 Å². The lowest BCUT2D eigenvalue weighted by Crippen LogP contribution is -1.85. The van der Waals surface area contributed by atoms with Gasteiger partial charge in [0.2, 0.25) is 0 Å². The summed E-state index contributed by atoms with van der Waals surface area (Å²) in [5, 5.41) is 11.1. The monoisotopic (exact) mass is 309 g/mol. The Hall–Kier alpha value is -1.46. The second-order valence-corrected chi connectivity index (χ2v) is 5.06. The lowest BCUT2D eigenvalue weighted by Gasteiger charge is -1.96. The number of carboxylic acid groups (broad SMARTS) is 1. The predicted molar refractivity (Wildman–Crippen MR) is 71.9 cm³/mol. The van der Waals surface area contributed by atoms with Gasteiger partial charge in [0.05, 0.1) is 5.69 Å². The minimum atomic E-state index is -0.968. The Balaban J connectivity index is 2.27. The molecule has 0 spiro atoms. The van der Waals surface area contributed by atoms with Gasteiger partial charge in [-0.15, -0.1) is 11.3 Å². The van der Waals surface area contributed by atoms with Gasteiger partial charge in [0.15, 0.2) is 0 Å². The second-order valence-electron chi connectivity index (χ2n) is 3.25. The van der Waals surface area contributed by atoms with Crippen LogP contribution in [-0.2, 0) is 4.79 Å². The number of hydrogen-bond donors (Lipinski definition) is 1. The van der Waals surface area contributed by atoms with Crippen LogP contribution in [0, 0.1) is 0 Å². The summed E-state index contributed by atoms with van der Waals surface area (Å²) in [6.07, 6.45) is 2.58. The third-order valence-electron chi connectivity index (χ3n) is 2.01. The second kappa shape index (κ2) is 5.25. The van der Waals surface area contributed by atoms with Gasteiger partial charge in [0, 0.05) is 21.5 Å². The average Bonchev–Trinajstić information content (AvgIpc) is 2.75. The highest BCUT2D eigenvalue weighted by molar-refractivity contribution is 9.10. The molecule has 1 aromatic heterocycles. The number of carboxylic acids is 1. The van der Waals surface area contributed by atoms with Crippen molar-refractivity contribution in [2.75, 3.05) is 0 Å². The van der Waals surface area contributed by atoms with Gasteiger partial charge in [-0.2, -0.15) is 0 Å². The van der Waals surface area contributed by atoms with Gasteiger partial charge < -0.3 is 5.11 Å². The van der Waals surface area contributed by atoms with E-state index in [-0.39, 0.29) is 0 Å². The minimum Gasteiger partial charge on any atom is -0.478 e. The molecule has 0 unspecified atom stereocenters. The molecule has 0 amide bonds. The van der Waals surface area contributed by atoms with E-state index in [0.717, 1.165) is 21.8 Å². The van der Waals surface area contributed by atoms with Gasteiger partial charge in [0.25, 0.3) is 0 Å². The fourth-order valence-electron chi connectivity index (χ4n) is 1.29. The van der Waals surface area contributed by atoms with Crippen LogP contribution in [0.25, 0.3) is 17.3 Å². The zero-order valence-electron chi connectivity index (χ0n) is 8.63. The number of aliphatic carboxylic acids is 1. The third kappa shape index (κ3) is 3.25. The molecule has 0 fully saturated rings. The number of benzene rings is 1. The summed E-state index contributed by atoms with van der Waals surface area (Å²) >= 11 is 4.82. The quantitative estimate of drug-likeness (QED) is 0.880. The Bertz CT molecular complexity index is 577. The van der Waals surface area contributed by atoms with Crippen molar-refractivity contribution in [2.24, 2.45) is 0 Å². The Morgan fingerprint density at radius 3 is 3.00 bits per heavy atom. The van der Waals surface area contributed by atoms with E-state index in [2.05, 4.69) is 20.9 Å². The molecule has 86 valence electrons. The van der Waals surface area contributed by atoms with Crippen molar-refractivity contribution in [1.29, 1.82) is 0 Å². The first-order chi connectivity index (χ1) is 8.15. The van der Waals surface area contributed by atoms with E-state index in [1.807, 2.05) is 29.6 Å². The molecular weight excluding hydrogens is 302 g/mol. The number of nitrogens with zero attached hydrogens (tertiary/aromatic N) is 1. The van der Waals surface area contributed by atoms with E-state index in [1.54, 1.807) is 0 Å². The molecule has 1 aromatic carbocycles. The van der Waals surface area contributed by atoms with Gasteiger partial charge in [-0.05, 0) is 18.2 Å². The first-order valence-electron chi connectivity index (χ1n) is 4.77. The highest BCUT2D eigenvalue weighted by Gasteiger charge is 2.03. The zero-order chi connectivity index (χ0) is 12.3. The number of hydrogen-bond acceptors (Lipinski definition) is 3. The Morgan fingerprint density at radius 2 is 2.29 bits per heavy atom. The summed E-state index contributed by atoms with van der Waals surface area (Å²) in [6, 6.07) is 7.82. The summed E-state index contributed by atoms with van der Waals surface area (Å²) < 4.78 is 0.991. The van der Waals surface area contributed by atoms with Gasteiger partial charge in [-0.3, -0.25) is 0 Å². The smallest absolute Gasteiger partial charge is 0.328 e. The standard InChI is InChI=1S/C12H8BrNO2S/c13-9-3-1-2-8(6-9)10-7-17-11(14-10)4-5-12(15)16/h1-7H,(H,15,16)/b5-4+. The Labute approximate surface area is 111 Å². The summed E-state index contributed by atoms with van der Waals surface area (Å²) in [4.78, 5) is 14.7. The van der Waals surface area contributed by atoms with E-state index in [4.69, 9.17) is 5.11 Å². The van der Waals surface area contributed by atoms with E-state index >= 15 is 0 Å². The fraction of sp³-hybridized carbons (Fsp3) is 0. The highest BCUT2D eigenvalue weighted by Crippen LogP contribution is 2.25. The van der Waals surface area contributed by atoms with Crippen molar-refractivity contribution in [1.82, 2.24) is 4.98 Å². The molecule has 0 aliphatic rings. The lowest BCUT2D eigenvalue weighted by molar-refractivity contribution is -0.131. The van der Waals surface area contributed by atoms with Crippen LogP contribution >= 0.6 is 27.3 Å². The molecular formula is C12H8BrNO2S. The molecule has 2 rings (SSSR count). The van der Waals surface area contributed by atoms with Crippen molar-refractivity contribution < 1.29 is 9.90 Å². The van der Waals surface area contributed by atoms with Gasteiger partial charge >= 0.3 is 5.97 Å².